The molecule has 8 nitrogen and oxygen atoms in total. The van der Waals surface area contributed by atoms with Gasteiger partial charge in [-0.15, -0.1) is 0 Å². The van der Waals surface area contributed by atoms with Gasteiger partial charge in [0.1, 0.15) is 23.5 Å². The summed E-state index contributed by atoms with van der Waals surface area (Å²) in [6.45, 7) is 7.12. The number of hydrogen-bond acceptors (Lipinski definition) is 7. The van der Waals surface area contributed by atoms with E-state index in [0.29, 0.717) is 47.5 Å². The van der Waals surface area contributed by atoms with E-state index >= 15 is 0 Å². The largest absolute Gasteiger partial charge is 0.462 e. The summed E-state index contributed by atoms with van der Waals surface area (Å²) in [7, 11) is 0. The van der Waals surface area contributed by atoms with Crippen LogP contribution in [0.25, 0.3) is 0 Å². The lowest BCUT2D eigenvalue weighted by Gasteiger charge is -2.61. The first-order valence-electron chi connectivity index (χ1n) is 19.1. The molecule has 3 aliphatic heterocycles. The van der Waals surface area contributed by atoms with Gasteiger partial charge in [-0.3, -0.25) is 10.5 Å². The van der Waals surface area contributed by atoms with Crippen LogP contribution in [-0.4, -0.2) is 59.8 Å². The molecule has 0 amide bonds. The zero-order valence-corrected chi connectivity index (χ0v) is 28.7. The van der Waals surface area contributed by atoms with Crippen LogP contribution in [0, 0.1) is 46.8 Å². The van der Waals surface area contributed by atoms with Crippen molar-refractivity contribution in [1.29, 1.82) is 0 Å². The summed E-state index contributed by atoms with van der Waals surface area (Å²) >= 11 is 0. The molecule has 258 valence electrons. The van der Waals surface area contributed by atoms with Crippen molar-refractivity contribution in [3.8, 4) is 0 Å². The molecule has 0 aromatic carbocycles. The van der Waals surface area contributed by atoms with Crippen molar-refractivity contribution in [2.24, 2.45) is 52.6 Å². The molecule has 3 saturated heterocycles. The standard InChI is InChI=1S/C38H60N2O6/c1-4-23(2)34(42)46-36(3)20-24-9-5-6-10-28(24)33(25-11-12-32(39)40-22-25)38(36)21-27-17-26-18-29(37(15-16-41)13-7-8-14-37)35(43)44-30(26)19-31(27)45-38/h4,24-33,40-41H,5-22,39H2,1-3H3/p+1/t24?,25?,26?,27?,28?,29?,30?,31?,32?,33-,36+,38-/m0/s1. The molecule has 7 rings (SSSR count). The maximum absolute atomic E-state index is 13.6. The fourth-order valence-electron chi connectivity index (χ4n) is 12.4. The van der Waals surface area contributed by atoms with Crippen LogP contribution in [0.1, 0.15) is 124 Å². The molecular formula is C38H61N2O6+. The first-order valence-corrected chi connectivity index (χ1v) is 19.1. The highest BCUT2D eigenvalue weighted by atomic mass is 16.6. The van der Waals surface area contributed by atoms with Gasteiger partial charge in [0, 0.05) is 36.9 Å². The monoisotopic (exact) mass is 641 g/mol. The number of hydrogen-bond donors (Lipinski definition) is 3. The summed E-state index contributed by atoms with van der Waals surface area (Å²) in [4.78, 5) is 27.3. The third-order valence-corrected chi connectivity index (χ3v) is 14.8. The third kappa shape index (κ3) is 5.49. The van der Waals surface area contributed by atoms with Gasteiger partial charge in [0.2, 0.25) is 0 Å². The van der Waals surface area contributed by atoms with E-state index in [4.69, 9.17) is 19.9 Å². The number of fused-ring (bicyclic) bond motifs is 3. The number of piperidine rings is 1. The quantitative estimate of drug-likeness (QED) is 0.282. The van der Waals surface area contributed by atoms with Gasteiger partial charge in [-0.05, 0) is 108 Å². The smallest absolute Gasteiger partial charge is 0.334 e. The molecular weight excluding hydrogens is 580 g/mol. The van der Waals surface area contributed by atoms with Crippen LogP contribution in [0.5, 0.6) is 0 Å². The molecule has 0 radical (unpaired) electrons. The molecule has 0 aromatic heterocycles. The number of rotatable bonds is 6. The van der Waals surface area contributed by atoms with E-state index in [2.05, 4.69) is 12.2 Å². The van der Waals surface area contributed by atoms with Crippen LogP contribution >= 0.6 is 0 Å². The van der Waals surface area contributed by atoms with Crippen molar-refractivity contribution >= 4 is 11.9 Å². The molecule has 3 heterocycles. The summed E-state index contributed by atoms with van der Waals surface area (Å²) in [6.07, 6.45) is 18.3. The van der Waals surface area contributed by atoms with E-state index in [1.807, 2.05) is 19.9 Å². The van der Waals surface area contributed by atoms with Gasteiger partial charge in [-0.25, -0.2) is 4.79 Å². The van der Waals surface area contributed by atoms with E-state index < -0.39 is 11.2 Å². The molecule has 0 aromatic rings. The third-order valence-electron chi connectivity index (χ3n) is 14.8. The number of aliphatic hydroxyl groups excluding tert-OH is 1. The number of carbonyl (C=O) groups is 2. The zero-order valence-electron chi connectivity index (χ0n) is 28.7. The van der Waals surface area contributed by atoms with E-state index in [9.17, 15) is 14.7 Å². The number of esters is 2. The van der Waals surface area contributed by atoms with Gasteiger partial charge in [-0.1, -0.05) is 38.2 Å². The fraction of sp³-hybridized carbons (Fsp3) is 0.895. The zero-order chi connectivity index (χ0) is 32.3. The Morgan fingerprint density at radius 1 is 1.00 bits per heavy atom. The van der Waals surface area contributed by atoms with Crippen LogP contribution in [0.4, 0.5) is 0 Å². The van der Waals surface area contributed by atoms with Gasteiger partial charge in [0.15, 0.2) is 0 Å². The molecule has 8 heteroatoms. The minimum atomic E-state index is -0.728. The lowest BCUT2D eigenvalue weighted by molar-refractivity contribution is -0.704. The second-order valence-corrected chi connectivity index (χ2v) is 17.1. The second kappa shape index (κ2) is 12.8. The van der Waals surface area contributed by atoms with Crippen molar-refractivity contribution < 1.29 is 34.2 Å². The molecule has 5 N–H and O–H groups in total. The Kier molecular flexibility index (Phi) is 9.17. The van der Waals surface area contributed by atoms with Crippen molar-refractivity contribution in [2.75, 3.05) is 13.2 Å². The number of ether oxygens (including phenoxy) is 3. The molecule has 0 bridgehead atoms. The van der Waals surface area contributed by atoms with Crippen LogP contribution < -0.4 is 11.1 Å². The molecule has 7 aliphatic rings. The average Bonchev–Trinajstić information content (AvgIpc) is 3.66. The van der Waals surface area contributed by atoms with Gasteiger partial charge in [0.25, 0.3) is 0 Å². The summed E-state index contributed by atoms with van der Waals surface area (Å²) in [5.74, 6) is 2.19. The lowest BCUT2D eigenvalue weighted by Crippen LogP contribution is -2.96. The van der Waals surface area contributed by atoms with E-state index in [0.717, 1.165) is 77.2 Å². The van der Waals surface area contributed by atoms with Crippen molar-refractivity contribution in [3.63, 3.8) is 0 Å². The maximum Gasteiger partial charge on any atom is 0.334 e. The summed E-state index contributed by atoms with van der Waals surface area (Å²) < 4.78 is 20.7. The summed E-state index contributed by atoms with van der Waals surface area (Å²) in [6, 6.07) is 0. The molecule has 1 spiro atoms. The van der Waals surface area contributed by atoms with Crippen molar-refractivity contribution in [1.82, 2.24) is 0 Å². The van der Waals surface area contributed by atoms with Crippen LogP contribution in [0.2, 0.25) is 0 Å². The number of quaternary nitrogens is 1. The molecule has 46 heavy (non-hydrogen) atoms. The van der Waals surface area contributed by atoms with Gasteiger partial charge in [0.05, 0.1) is 18.6 Å². The second-order valence-electron chi connectivity index (χ2n) is 17.1. The van der Waals surface area contributed by atoms with Gasteiger partial charge >= 0.3 is 11.9 Å². The van der Waals surface area contributed by atoms with Crippen molar-refractivity contribution in [2.45, 2.75) is 153 Å². The number of nitrogens with two attached hydrogens (primary N) is 2. The first-order chi connectivity index (χ1) is 22.1. The highest BCUT2D eigenvalue weighted by Crippen LogP contribution is 2.65. The minimum Gasteiger partial charge on any atom is -0.462 e. The van der Waals surface area contributed by atoms with Gasteiger partial charge < -0.3 is 24.6 Å². The summed E-state index contributed by atoms with van der Waals surface area (Å²) in [5, 5.41) is 12.3. The molecule has 4 aliphatic carbocycles. The maximum atomic E-state index is 13.6. The Hall–Kier alpha value is -1.48. The van der Waals surface area contributed by atoms with Crippen molar-refractivity contribution in [3.05, 3.63) is 11.6 Å². The minimum absolute atomic E-state index is 0.00166. The van der Waals surface area contributed by atoms with Gasteiger partial charge in [-0.2, -0.15) is 0 Å². The molecule has 9 unspecified atom stereocenters. The molecule has 7 fully saturated rings. The highest BCUT2D eigenvalue weighted by molar-refractivity contribution is 5.88. The average molecular weight is 642 g/mol. The van der Waals surface area contributed by atoms with Crippen LogP contribution in [0.15, 0.2) is 11.6 Å². The van der Waals surface area contributed by atoms with E-state index in [1.165, 1.54) is 25.7 Å². The molecule has 12 atom stereocenters. The topological polar surface area (TPSA) is 125 Å². The lowest BCUT2D eigenvalue weighted by atomic mass is 9.49. The Labute approximate surface area is 276 Å². The predicted molar refractivity (Wildman–Crippen MR) is 174 cm³/mol. The number of aliphatic hydroxyl groups is 1. The summed E-state index contributed by atoms with van der Waals surface area (Å²) in [5.41, 5.74) is 5.66. The Balaban J connectivity index is 1.22. The normalized spacial score (nSPS) is 47.1. The first kappa shape index (κ1) is 33.0. The Morgan fingerprint density at radius 2 is 1.78 bits per heavy atom. The SMILES string of the molecule is CC=C(C)C(=O)O[C@]1(C)CC2CCCCC2[C@H](C2CCC(N)[NH2+]C2)[C@@]12CC1CC3CC(C4(CCO)CCCC4)C(=O)OC3CC1O2. The molecule has 4 saturated carbocycles. The van der Waals surface area contributed by atoms with E-state index in [1.54, 1.807) is 0 Å². The predicted octanol–water partition coefficient (Wildman–Crippen LogP) is 4.77. The van der Waals surface area contributed by atoms with Crippen LogP contribution in [-0.2, 0) is 23.8 Å². The van der Waals surface area contributed by atoms with E-state index in [-0.39, 0.29) is 48.3 Å². The fourth-order valence-corrected chi connectivity index (χ4v) is 12.4. The number of carbonyl (C=O) groups excluding carboxylic acids is 2. The Bertz CT molecular complexity index is 1180. The van der Waals surface area contributed by atoms with Crippen LogP contribution in [0.3, 0.4) is 0 Å². The Morgan fingerprint density at radius 3 is 2.50 bits per heavy atom. The highest BCUT2D eigenvalue weighted by Gasteiger charge is 2.70. The number of allylic oxidation sites excluding steroid dienone is 1.